The number of methoxy groups -OCH3 is 1. The number of rotatable bonds is 6. The summed E-state index contributed by atoms with van der Waals surface area (Å²) in [5.41, 5.74) is 4.11. The van der Waals surface area contributed by atoms with Gasteiger partial charge in [-0.3, -0.25) is 14.9 Å². The first-order valence-corrected chi connectivity index (χ1v) is 11.6. The van der Waals surface area contributed by atoms with Crippen molar-refractivity contribution in [3.8, 4) is 17.5 Å². The number of carbonyl (C=O) groups excluding carboxylic acids is 1. The van der Waals surface area contributed by atoms with Gasteiger partial charge >= 0.3 is 0 Å². The predicted molar refractivity (Wildman–Crippen MR) is 137 cm³/mol. The van der Waals surface area contributed by atoms with Crippen LogP contribution < -0.4 is 9.64 Å². The molecule has 0 atom stereocenters. The normalized spacial score (nSPS) is 13.9. The highest BCUT2D eigenvalue weighted by Gasteiger charge is 2.25. The molecule has 1 aromatic heterocycles. The van der Waals surface area contributed by atoms with Crippen molar-refractivity contribution in [3.63, 3.8) is 0 Å². The molecule has 2 aromatic carbocycles. The van der Waals surface area contributed by atoms with Gasteiger partial charge in [0.1, 0.15) is 17.4 Å². The van der Waals surface area contributed by atoms with Crippen LogP contribution in [0.3, 0.4) is 0 Å². The van der Waals surface area contributed by atoms with E-state index in [-0.39, 0.29) is 17.2 Å². The summed E-state index contributed by atoms with van der Waals surface area (Å²) in [5.74, 6) is 0.0670. The number of hydrogen-bond donors (Lipinski definition) is 0. The van der Waals surface area contributed by atoms with Crippen LogP contribution in [0.25, 0.3) is 11.8 Å². The fourth-order valence-electron chi connectivity index (χ4n) is 4.54. The third-order valence-corrected chi connectivity index (χ3v) is 6.42. The lowest BCUT2D eigenvalue weighted by atomic mass is 10.1. The molecule has 1 aliphatic rings. The van der Waals surface area contributed by atoms with E-state index in [1.165, 1.54) is 19.2 Å². The highest BCUT2D eigenvalue weighted by atomic mass is 16.6. The Morgan fingerprint density at radius 1 is 1.08 bits per heavy atom. The van der Waals surface area contributed by atoms with Crippen LogP contribution in [-0.4, -0.2) is 53.6 Å². The second-order valence-corrected chi connectivity index (χ2v) is 8.56. The molecule has 9 nitrogen and oxygen atoms in total. The summed E-state index contributed by atoms with van der Waals surface area (Å²) < 4.78 is 7.31. The Hall–Kier alpha value is -4.58. The van der Waals surface area contributed by atoms with E-state index in [1.54, 1.807) is 17.0 Å². The molecule has 0 N–H and O–H groups in total. The number of piperazine rings is 1. The molecule has 3 aromatic rings. The highest BCUT2D eigenvalue weighted by molar-refractivity contribution is 6.02. The van der Waals surface area contributed by atoms with Gasteiger partial charge in [0.15, 0.2) is 0 Å². The SMILES string of the molecule is COc1cc([N+](=O)[O-])ccc1-n1c(C)cc(/C=C(/C#N)C(=O)N2CCN(c3ccccc3)CC2)c1C. The molecule has 2 heterocycles. The van der Waals surface area contributed by atoms with Crippen molar-refractivity contribution in [2.75, 3.05) is 38.2 Å². The van der Waals surface area contributed by atoms with Gasteiger partial charge in [-0.25, -0.2) is 0 Å². The third kappa shape index (κ3) is 4.79. The van der Waals surface area contributed by atoms with Crippen molar-refractivity contribution in [2.24, 2.45) is 0 Å². The lowest BCUT2D eigenvalue weighted by Gasteiger charge is -2.36. The van der Waals surface area contributed by atoms with Crippen LogP contribution in [0, 0.1) is 35.3 Å². The van der Waals surface area contributed by atoms with Gasteiger partial charge in [0.25, 0.3) is 11.6 Å². The van der Waals surface area contributed by atoms with Crippen LogP contribution in [0.2, 0.25) is 0 Å². The average Bonchev–Trinajstić information content (AvgIpc) is 3.19. The number of ether oxygens (including phenoxy) is 1. The van der Waals surface area contributed by atoms with E-state index < -0.39 is 4.92 Å². The minimum absolute atomic E-state index is 0.0668. The predicted octanol–water partition coefficient (Wildman–Crippen LogP) is 4.27. The Labute approximate surface area is 209 Å². The molecule has 4 rings (SSSR count). The van der Waals surface area contributed by atoms with Gasteiger partial charge in [0.05, 0.1) is 23.8 Å². The number of aromatic nitrogens is 1. The largest absolute Gasteiger partial charge is 0.494 e. The monoisotopic (exact) mass is 485 g/mol. The number of hydrogen-bond acceptors (Lipinski definition) is 6. The zero-order valence-corrected chi connectivity index (χ0v) is 20.5. The van der Waals surface area contributed by atoms with Crippen LogP contribution in [0.5, 0.6) is 5.75 Å². The molecule has 1 amide bonds. The van der Waals surface area contributed by atoms with E-state index in [0.717, 1.165) is 22.6 Å². The van der Waals surface area contributed by atoms with Gasteiger partial charge < -0.3 is 19.1 Å². The number of anilines is 1. The lowest BCUT2D eigenvalue weighted by Crippen LogP contribution is -2.49. The summed E-state index contributed by atoms with van der Waals surface area (Å²) >= 11 is 0. The first-order chi connectivity index (χ1) is 17.3. The minimum Gasteiger partial charge on any atom is -0.494 e. The zero-order valence-electron chi connectivity index (χ0n) is 20.5. The second-order valence-electron chi connectivity index (χ2n) is 8.56. The second kappa shape index (κ2) is 10.4. The number of benzene rings is 2. The summed E-state index contributed by atoms with van der Waals surface area (Å²) in [5, 5.41) is 21.0. The van der Waals surface area contributed by atoms with E-state index in [9.17, 15) is 20.2 Å². The maximum Gasteiger partial charge on any atom is 0.273 e. The van der Waals surface area contributed by atoms with Gasteiger partial charge in [-0.05, 0) is 49.8 Å². The maximum atomic E-state index is 13.2. The average molecular weight is 486 g/mol. The van der Waals surface area contributed by atoms with Crippen LogP contribution in [0.4, 0.5) is 11.4 Å². The van der Waals surface area contributed by atoms with Crippen molar-refractivity contribution < 1.29 is 14.5 Å². The summed E-state index contributed by atoms with van der Waals surface area (Å²) in [6, 6.07) is 18.4. The van der Waals surface area contributed by atoms with E-state index in [2.05, 4.69) is 11.0 Å². The summed E-state index contributed by atoms with van der Waals surface area (Å²) in [7, 11) is 1.46. The molecular formula is C27H27N5O4. The third-order valence-electron chi connectivity index (χ3n) is 6.42. The molecule has 1 fully saturated rings. The first kappa shape index (κ1) is 24.5. The Morgan fingerprint density at radius 3 is 2.39 bits per heavy atom. The number of para-hydroxylation sites is 1. The fraction of sp³-hybridized carbons (Fsp3) is 0.259. The van der Waals surface area contributed by atoms with E-state index >= 15 is 0 Å². The molecule has 0 saturated carbocycles. The number of amides is 1. The molecule has 9 heteroatoms. The van der Waals surface area contributed by atoms with Crippen LogP contribution in [0.1, 0.15) is 17.0 Å². The van der Waals surface area contributed by atoms with Crippen molar-refractivity contribution in [3.05, 3.63) is 87.2 Å². The molecule has 0 radical (unpaired) electrons. The van der Waals surface area contributed by atoms with Gasteiger partial charge in [0, 0.05) is 49.3 Å². The summed E-state index contributed by atoms with van der Waals surface area (Å²) in [6.07, 6.45) is 1.61. The first-order valence-electron chi connectivity index (χ1n) is 11.6. The van der Waals surface area contributed by atoms with Crippen LogP contribution >= 0.6 is 0 Å². The van der Waals surface area contributed by atoms with Crippen LogP contribution in [0.15, 0.2) is 60.2 Å². The van der Waals surface area contributed by atoms with Gasteiger partial charge in [-0.1, -0.05) is 18.2 Å². The smallest absolute Gasteiger partial charge is 0.273 e. The van der Waals surface area contributed by atoms with Crippen molar-refractivity contribution >= 4 is 23.4 Å². The van der Waals surface area contributed by atoms with Crippen molar-refractivity contribution in [1.82, 2.24) is 9.47 Å². The number of aryl methyl sites for hydroxylation is 1. The standard InChI is InChI=1S/C27H27N5O4/c1-19-15-21(20(2)31(19)25-10-9-24(32(34)35)17-26(25)36-3)16-22(18-28)27(33)30-13-11-29(12-14-30)23-7-5-4-6-8-23/h4-10,15-17H,11-14H2,1-3H3/b22-16-. The number of nitro benzene ring substituents is 1. The minimum atomic E-state index is -0.472. The number of carbonyl (C=O) groups is 1. The van der Waals surface area contributed by atoms with Gasteiger partial charge in [-0.2, -0.15) is 5.26 Å². The molecule has 1 aliphatic heterocycles. The number of nitrogens with zero attached hydrogens (tertiary/aromatic N) is 5. The molecule has 184 valence electrons. The fourth-order valence-corrected chi connectivity index (χ4v) is 4.54. The number of non-ortho nitro benzene ring substituents is 1. The molecule has 1 saturated heterocycles. The van der Waals surface area contributed by atoms with Crippen LogP contribution in [-0.2, 0) is 4.79 Å². The molecular weight excluding hydrogens is 458 g/mol. The van der Waals surface area contributed by atoms with Gasteiger partial charge in [-0.15, -0.1) is 0 Å². The quantitative estimate of drug-likeness (QED) is 0.224. The van der Waals surface area contributed by atoms with E-state index in [0.29, 0.717) is 37.6 Å². The molecule has 0 unspecified atom stereocenters. The maximum absolute atomic E-state index is 13.2. The van der Waals surface area contributed by atoms with Crippen molar-refractivity contribution in [1.29, 1.82) is 5.26 Å². The van der Waals surface area contributed by atoms with E-state index in [4.69, 9.17) is 4.74 Å². The molecule has 0 bridgehead atoms. The number of nitro groups is 1. The highest BCUT2D eigenvalue weighted by Crippen LogP contribution is 2.32. The summed E-state index contributed by atoms with van der Waals surface area (Å²) in [6.45, 7) is 6.23. The molecule has 0 aliphatic carbocycles. The summed E-state index contributed by atoms with van der Waals surface area (Å²) in [4.78, 5) is 27.8. The Morgan fingerprint density at radius 2 is 1.78 bits per heavy atom. The Balaban J connectivity index is 1.57. The van der Waals surface area contributed by atoms with E-state index in [1.807, 2.05) is 54.8 Å². The molecule has 36 heavy (non-hydrogen) atoms. The van der Waals surface area contributed by atoms with Gasteiger partial charge in [0.2, 0.25) is 0 Å². The topological polar surface area (TPSA) is 105 Å². The Kier molecular flexibility index (Phi) is 7.06. The lowest BCUT2D eigenvalue weighted by molar-refractivity contribution is -0.384. The van der Waals surface area contributed by atoms with Crippen molar-refractivity contribution in [2.45, 2.75) is 13.8 Å². The molecule has 0 spiro atoms. The zero-order chi connectivity index (χ0) is 25.8. The Bertz CT molecular complexity index is 1360. The number of nitriles is 1.